The van der Waals surface area contributed by atoms with Crippen LogP contribution in [0.25, 0.3) is 6.08 Å². The second kappa shape index (κ2) is 10.8. The lowest BCUT2D eigenvalue weighted by Crippen LogP contribution is -2.11. The minimum Gasteiger partial charge on any atom is -0.496 e. The lowest BCUT2D eigenvalue weighted by atomic mass is 10.1. The number of unbranched alkanes of at least 4 members (excludes halogenated alkanes) is 1. The first-order valence-electron chi connectivity index (χ1n) is 10.1. The van der Waals surface area contributed by atoms with Gasteiger partial charge in [-0.2, -0.15) is 0 Å². The van der Waals surface area contributed by atoms with Crippen LogP contribution >= 0.6 is 11.3 Å². The summed E-state index contributed by atoms with van der Waals surface area (Å²) in [6.07, 6.45) is 7.33. The minimum absolute atomic E-state index is 0.316. The van der Waals surface area contributed by atoms with Gasteiger partial charge in [-0.05, 0) is 30.0 Å². The highest BCUT2D eigenvalue weighted by Gasteiger charge is 2.16. The van der Waals surface area contributed by atoms with E-state index in [-0.39, 0.29) is 5.97 Å². The zero-order valence-corrected chi connectivity index (χ0v) is 18.6. The van der Waals surface area contributed by atoms with Crippen LogP contribution in [-0.2, 0) is 28.9 Å². The quantitative estimate of drug-likeness (QED) is 0.334. The van der Waals surface area contributed by atoms with Crippen molar-refractivity contribution < 1.29 is 14.3 Å². The number of rotatable bonds is 10. The molecule has 0 amide bonds. The summed E-state index contributed by atoms with van der Waals surface area (Å²) in [6, 6.07) is 12.0. The van der Waals surface area contributed by atoms with E-state index in [1.807, 2.05) is 48.0 Å². The Hall–Kier alpha value is -2.86. The number of aryl methyl sites for hydroxylation is 1. The highest BCUT2D eigenvalue weighted by Crippen LogP contribution is 2.23. The maximum absolute atomic E-state index is 12.5. The molecule has 0 saturated heterocycles. The van der Waals surface area contributed by atoms with Crippen LogP contribution in [0.2, 0.25) is 0 Å². The van der Waals surface area contributed by atoms with Crippen molar-refractivity contribution in [2.24, 2.45) is 0 Å². The van der Waals surface area contributed by atoms with Crippen molar-refractivity contribution in [1.29, 1.82) is 0 Å². The average molecular weight is 425 g/mol. The molecule has 0 aliphatic carbocycles. The summed E-state index contributed by atoms with van der Waals surface area (Å²) in [7, 11) is 3.10. The number of aromatic nitrogens is 2. The molecule has 0 aliphatic rings. The standard InChI is InChI=1S/C24H28N2O3S/c1-4-5-12-23-25-16-20(26(23)17-18-9-6-7-11-22(18)28-2)14-19(24(27)29-3)15-21-10-8-13-30-21/h6-11,13-14,16H,4-5,12,15,17H2,1-3H3. The van der Waals surface area contributed by atoms with Gasteiger partial charge in [-0.1, -0.05) is 37.6 Å². The fraction of sp³-hybridized carbons (Fsp3) is 0.333. The summed E-state index contributed by atoms with van der Waals surface area (Å²) in [5.41, 5.74) is 2.58. The zero-order chi connectivity index (χ0) is 21.3. The molecule has 6 heteroatoms. The Labute approximate surface area is 182 Å². The molecule has 0 unspecified atom stereocenters. The minimum atomic E-state index is -0.316. The van der Waals surface area contributed by atoms with Crippen LogP contribution in [0.15, 0.2) is 53.5 Å². The first-order chi connectivity index (χ1) is 14.7. The number of carbonyl (C=O) groups excluding carboxylic acids is 1. The van der Waals surface area contributed by atoms with Gasteiger partial charge in [-0.25, -0.2) is 9.78 Å². The highest BCUT2D eigenvalue weighted by atomic mass is 32.1. The first-order valence-corrected chi connectivity index (χ1v) is 11.0. The van der Waals surface area contributed by atoms with E-state index in [0.717, 1.165) is 47.0 Å². The van der Waals surface area contributed by atoms with Gasteiger partial charge in [0.25, 0.3) is 0 Å². The molecule has 0 N–H and O–H groups in total. The average Bonchev–Trinajstić information content (AvgIpc) is 3.42. The van der Waals surface area contributed by atoms with Crippen LogP contribution in [0.3, 0.4) is 0 Å². The molecule has 0 radical (unpaired) electrons. The van der Waals surface area contributed by atoms with Crippen LogP contribution in [0.4, 0.5) is 0 Å². The number of hydrogen-bond donors (Lipinski definition) is 0. The SMILES string of the molecule is CCCCc1ncc(C=C(Cc2cccs2)C(=O)OC)n1Cc1ccccc1OC. The van der Waals surface area contributed by atoms with Crippen LogP contribution in [0.5, 0.6) is 5.75 Å². The first kappa shape index (κ1) is 21.8. The largest absolute Gasteiger partial charge is 0.496 e. The van der Waals surface area contributed by atoms with Gasteiger partial charge in [-0.15, -0.1) is 11.3 Å². The number of ether oxygens (including phenoxy) is 2. The number of imidazole rings is 1. The van der Waals surface area contributed by atoms with Gasteiger partial charge in [0, 0.05) is 28.9 Å². The second-order valence-electron chi connectivity index (χ2n) is 7.02. The number of benzene rings is 1. The molecule has 0 aliphatic heterocycles. The number of methoxy groups -OCH3 is 2. The van der Waals surface area contributed by atoms with E-state index in [0.29, 0.717) is 18.5 Å². The summed E-state index contributed by atoms with van der Waals surface area (Å²) >= 11 is 1.63. The molecule has 1 aromatic carbocycles. The normalized spacial score (nSPS) is 11.5. The Morgan fingerprint density at radius 1 is 1.20 bits per heavy atom. The number of carbonyl (C=O) groups is 1. The Kier molecular flexibility index (Phi) is 7.85. The molecular weight excluding hydrogens is 396 g/mol. The molecule has 0 spiro atoms. The summed E-state index contributed by atoms with van der Waals surface area (Å²) in [5.74, 6) is 1.53. The van der Waals surface area contributed by atoms with E-state index in [4.69, 9.17) is 9.47 Å². The molecular formula is C24H28N2O3S. The lowest BCUT2D eigenvalue weighted by molar-refractivity contribution is -0.136. The molecule has 30 heavy (non-hydrogen) atoms. The van der Waals surface area contributed by atoms with E-state index in [9.17, 15) is 4.79 Å². The zero-order valence-electron chi connectivity index (χ0n) is 17.8. The van der Waals surface area contributed by atoms with Crippen LogP contribution in [0.1, 0.15) is 41.7 Å². The maximum Gasteiger partial charge on any atom is 0.334 e. The van der Waals surface area contributed by atoms with Crippen molar-refractivity contribution in [3.63, 3.8) is 0 Å². The van der Waals surface area contributed by atoms with Gasteiger partial charge in [0.15, 0.2) is 0 Å². The predicted molar refractivity (Wildman–Crippen MR) is 121 cm³/mol. The molecule has 2 heterocycles. The van der Waals surface area contributed by atoms with Crippen molar-refractivity contribution in [2.75, 3.05) is 14.2 Å². The second-order valence-corrected chi connectivity index (χ2v) is 8.05. The number of nitrogens with zero attached hydrogens (tertiary/aromatic N) is 2. The maximum atomic E-state index is 12.5. The third-order valence-corrected chi connectivity index (χ3v) is 5.83. The topological polar surface area (TPSA) is 53.3 Å². The monoisotopic (exact) mass is 424 g/mol. The molecule has 2 aromatic heterocycles. The van der Waals surface area contributed by atoms with Crippen LogP contribution in [-0.4, -0.2) is 29.7 Å². The Bertz CT molecular complexity index is 990. The molecule has 158 valence electrons. The third kappa shape index (κ3) is 5.39. The van der Waals surface area contributed by atoms with Crippen molar-refractivity contribution in [2.45, 2.75) is 39.2 Å². The Balaban J connectivity index is 2.00. The smallest absolute Gasteiger partial charge is 0.334 e. The van der Waals surface area contributed by atoms with E-state index in [1.165, 1.54) is 7.11 Å². The van der Waals surface area contributed by atoms with Crippen molar-refractivity contribution >= 4 is 23.4 Å². The number of esters is 1. The molecule has 0 bridgehead atoms. The van der Waals surface area contributed by atoms with E-state index in [1.54, 1.807) is 18.4 Å². The summed E-state index contributed by atoms with van der Waals surface area (Å²) in [4.78, 5) is 18.2. The van der Waals surface area contributed by atoms with Crippen molar-refractivity contribution in [1.82, 2.24) is 9.55 Å². The molecule has 0 saturated carbocycles. The van der Waals surface area contributed by atoms with Gasteiger partial charge in [0.1, 0.15) is 11.6 Å². The number of para-hydroxylation sites is 1. The van der Waals surface area contributed by atoms with Gasteiger partial charge in [0.05, 0.1) is 32.7 Å². The third-order valence-electron chi connectivity index (χ3n) is 4.96. The molecule has 3 rings (SSSR count). The van der Waals surface area contributed by atoms with E-state index >= 15 is 0 Å². The Morgan fingerprint density at radius 2 is 2.03 bits per heavy atom. The highest BCUT2D eigenvalue weighted by molar-refractivity contribution is 7.09. The van der Waals surface area contributed by atoms with Crippen molar-refractivity contribution in [3.05, 3.63) is 75.5 Å². The van der Waals surface area contributed by atoms with Gasteiger partial charge >= 0.3 is 5.97 Å². The molecule has 3 aromatic rings. The van der Waals surface area contributed by atoms with E-state index < -0.39 is 0 Å². The number of thiophene rings is 1. The van der Waals surface area contributed by atoms with Crippen LogP contribution < -0.4 is 4.74 Å². The molecule has 5 nitrogen and oxygen atoms in total. The summed E-state index contributed by atoms with van der Waals surface area (Å²) in [6.45, 7) is 2.80. The Morgan fingerprint density at radius 3 is 2.73 bits per heavy atom. The van der Waals surface area contributed by atoms with E-state index in [2.05, 4.69) is 22.5 Å². The lowest BCUT2D eigenvalue weighted by Gasteiger charge is -2.14. The van der Waals surface area contributed by atoms with Gasteiger partial charge in [0.2, 0.25) is 0 Å². The summed E-state index contributed by atoms with van der Waals surface area (Å²) < 4.78 is 12.8. The van der Waals surface area contributed by atoms with Gasteiger partial charge < -0.3 is 14.0 Å². The predicted octanol–water partition coefficient (Wildman–Crippen LogP) is 5.14. The van der Waals surface area contributed by atoms with Crippen molar-refractivity contribution in [3.8, 4) is 5.75 Å². The number of hydrogen-bond acceptors (Lipinski definition) is 5. The fourth-order valence-electron chi connectivity index (χ4n) is 3.36. The fourth-order valence-corrected chi connectivity index (χ4v) is 4.09. The molecule has 0 fully saturated rings. The van der Waals surface area contributed by atoms with Gasteiger partial charge in [-0.3, -0.25) is 0 Å². The molecule has 0 atom stereocenters. The van der Waals surface area contributed by atoms with Crippen LogP contribution in [0, 0.1) is 0 Å². The summed E-state index contributed by atoms with van der Waals surface area (Å²) in [5, 5.41) is 2.01.